The van der Waals surface area contributed by atoms with Crippen LogP contribution in [-0.2, 0) is 16.0 Å². The molecule has 0 aliphatic rings. The van der Waals surface area contributed by atoms with Crippen molar-refractivity contribution in [3.05, 3.63) is 41.5 Å². The molecule has 0 spiro atoms. The summed E-state index contributed by atoms with van der Waals surface area (Å²) in [5, 5.41) is 13.0. The van der Waals surface area contributed by atoms with Crippen molar-refractivity contribution in [3.63, 3.8) is 0 Å². The van der Waals surface area contributed by atoms with Gasteiger partial charge in [0.25, 0.3) is 0 Å². The number of benzene rings is 1. The van der Waals surface area contributed by atoms with E-state index in [1.807, 2.05) is 0 Å². The van der Waals surface area contributed by atoms with E-state index in [0.717, 1.165) is 11.1 Å². The van der Waals surface area contributed by atoms with Crippen molar-refractivity contribution in [2.45, 2.75) is 32.8 Å². The van der Waals surface area contributed by atoms with Crippen molar-refractivity contribution in [1.82, 2.24) is 5.32 Å². The average Bonchev–Trinajstić information content (AvgIpc) is 2.59. The second-order valence-electron chi connectivity index (χ2n) is 5.80. The van der Waals surface area contributed by atoms with Gasteiger partial charge in [-0.15, -0.1) is 6.58 Å². The van der Waals surface area contributed by atoms with Crippen LogP contribution in [-0.4, -0.2) is 49.4 Å². The van der Waals surface area contributed by atoms with E-state index in [-0.39, 0.29) is 25.5 Å². The Bertz CT molecular complexity index is 631. The van der Waals surface area contributed by atoms with Gasteiger partial charge in [-0.2, -0.15) is 0 Å². The number of aliphatic hydroxyl groups excluding tert-OH is 1. The minimum absolute atomic E-state index is 0.0753. The van der Waals surface area contributed by atoms with Crippen LogP contribution in [0.2, 0.25) is 0 Å². The summed E-state index contributed by atoms with van der Waals surface area (Å²) in [7, 11) is 0. The van der Waals surface area contributed by atoms with Crippen LogP contribution in [0.25, 0.3) is 0 Å². The molecule has 1 aromatic rings. The van der Waals surface area contributed by atoms with Crippen molar-refractivity contribution >= 4 is 11.9 Å². The number of primary amides is 1. The number of hydrogen-bond acceptors (Lipinski definition) is 6. The first-order valence-electron chi connectivity index (χ1n) is 8.61. The minimum Gasteiger partial charge on any atom is -0.491 e. The molecule has 0 fully saturated rings. The second kappa shape index (κ2) is 11.3. The molecule has 26 heavy (non-hydrogen) atoms. The number of nitrogens with one attached hydrogen (secondary N) is 1. The molecule has 1 atom stereocenters. The number of amides is 1. The molecule has 0 aliphatic heterocycles. The van der Waals surface area contributed by atoms with Gasteiger partial charge >= 0.3 is 5.97 Å². The lowest BCUT2D eigenvalue weighted by atomic mass is 9.98. The Morgan fingerprint density at radius 3 is 2.77 bits per heavy atom. The molecule has 7 nitrogen and oxygen atoms in total. The van der Waals surface area contributed by atoms with Crippen molar-refractivity contribution in [2.75, 3.05) is 26.3 Å². The first-order valence-corrected chi connectivity index (χ1v) is 8.61. The third kappa shape index (κ3) is 6.85. The molecular weight excluding hydrogens is 336 g/mol. The summed E-state index contributed by atoms with van der Waals surface area (Å²) in [6.45, 7) is 8.42. The number of esters is 1. The zero-order chi connectivity index (χ0) is 19.5. The summed E-state index contributed by atoms with van der Waals surface area (Å²) in [6.07, 6.45) is 1.74. The van der Waals surface area contributed by atoms with Crippen LogP contribution in [0.15, 0.2) is 24.8 Å². The van der Waals surface area contributed by atoms with E-state index in [4.69, 9.17) is 15.2 Å². The van der Waals surface area contributed by atoms with Gasteiger partial charge < -0.3 is 25.6 Å². The highest BCUT2D eigenvalue weighted by Gasteiger charge is 2.14. The molecule has 1 rings (SSSR count). The quantitative estimate of drug-likeness (QED) is 0.291. The SMILES string of the molecule is C=CCc1c(OCC(O)CNCCC(=O)OCC)ccc(C(N)=O)c1C. The van der Waals surface area contributed by atoms with Crippen molar-refractivity contribution in [3.8, 4) is 5.75 Å². The Hall–Kier alpha value is -2.38. The topological polar surface area (TPSA) is 111 Å². The van der Waals surface area contributed by atoms with E-state index in [1.165, 1.54) is 0 Å². The fraction of sp³-hybridized carbons (Fsp3) is 0.474. The molecule has 0 aromatic heterocycles. The summed E-state index contributed by atoms with van der Waals surface area (Å²) in [5.41, 5.74) is 7.38. The van der Waals surface area contributed by atoms with E-state index in [0.29, 0.717) is 30.9 Å². The summed E-state index contributed by atoms with van der Waals surface area (Å²) < 4.78 is 10.5. The van der Waals surface area contributed by atoms with Crippen molar-refractivity contribution in [1.29, 1.82) is 0 Å². The molecule has 0 saturated heterocycles. The number of aliphatic hydroxyl groups is 1. The van der Waals surface area contributed by atoms with E-state index in [1.54, 1.807) is 32.1 Å². The molecular formula is C19H28N2O5. The molecule has 0 saturated carbocycles. The van der Waals surface area contributed by atoms with Gasteiger partial charge in [0.2, 0.25) is 5.91 Å². The van der Waals surface area contributed by atoms with E-state index in [2.05, 4.69) is 11.9 Å². The molecule has 1 aromatic carbocycles. The fourth-order valence-electron chi connectivity index (χ4n) is 2.47. The van der Waals surface area contributed by atoms with Crippen LogP contribution >= 0.6 is 0 Å². The average molecular weight is 364 g/mol. The monoisotopic (exact) mass is 364 g/mol. The molecule has 4 N–H and O–H groups in total. The first-order chi connectivity index (χ1) is 12.4. The number of nitrogens with two attached hydrogens (primary N) is 1. The second-order valence-corrected chi connectivity index (χ2v) is 5.80. The summed E-state index contributed by atoms with van der Waals surface area (Å²) in [6, 6.07) is 3.29. The van der Waals surface area contributed by atoms with Gasteiger partial charge in [0.05, 0.1) is 13.0 Å². The minimum atomic E-state index is -0.745. The van der Waals surface area contributed by atoms with Crippen molar-refractivity contribution in [2.24, 2.45) is 5.73 Å². The summed E-state index contributed by atoms with van der Waals surface area (Å²) in [5.74, 6) is -0.187. The normalized spacial score (nSPS) is 11.7. The van der Waals surface area contributed by atoms with Gasteiger partial charge in [0.15, 0.2) is 0 Å². The van der Waals surface area contributed by atoms with E-state index in [9.17, 15) is 14.7 Å². The number of carbonyl (C=O) groups is 2. The fourth-order valence-corrected chi connectivity index (χ4v) is 2.47. The van der Waals surface area contributed by atoms with Gasteiger partial charge in [0.1, 0.15) is 18.5 Å². The lowest BCUT2D eigenvalue weighted by Crippen LogP contribution is -2.33. The van der Waals surface area contributed by atoms with Crippen LogP contribution in [0.3, 0.4) is 0 Å². The molecule has 144 valence electrons. The highest BCUT2D eigenvalue weighted by molar-refractivity contribution is 5.94. The molecule has 0 heterocycles. The maximum Gasteiger partial charge on any atom is 0.307 e. The van der Waals surface area contributed by atoms with Crippen molar-refractivity contribution < 1.29 is 24.2 Å². The van der Waals surface area contributed by atoms with Gasteiger partial charge in [-0.1, -0.05) is 6.08 Å². The van der Waals surface area contributed by atoms with E-state index < -0.39 is 12.0 Å². The van der Waals surface area contributed by atoms with Gasteiger partial charge in [-0.25, -0.2) is 0 Å². The molecule has 1 amide bonds. The lowest BCUT2D eigenvalue weighted by Gasteiger charge is -2.17. The molecule has 0 aliphatic carbocycles. The standard InChI is InChI=1S/C19H28N2O5/c1-4-6-15-13(3)16(19(20)24)7-8-17(15)26-12-14(22)11-21-10-9-18(23)25-5-2/h4,7-8,14,21-22H,1,5-6,9-12H2,2-3H3,(H2,20,24). The molecule has 1 unspecified atom stereocenters. The van der Waals surface area contributed by atoms with Crippen LogP contribution in [0.1, 0.15) is 34.8 Å². The van der Waals surface area contributed by atoms with Gasteiger partial charge in [0, 0.05) is 24.2 Å². The zero-order valence-electron chi connectivity index (χ0n) is 15.4. The first kappa shape index (κ1) is 21.7. The number of hydrogen-bond donors (Lipinski definition) is 3. The maximum absolute atomic E-state index is 11.5. The number of carbonyl (C=O) groups excluding carboxylic acids is 2. The molecule has 0 radical (unpaired) electrons. The van der Waals surface area contributed by atoms with Gasteiger partial charge in [-0.3, -0.25) is 9.59 Å². The maximum atomic E-state index is 11.5. The van der Waals surface area contributed by atoms with Crippen LogP contribution in [0, 0.1) is 6.92 Å². The number of ether oxygens (including phenoxy) is 2. The smallest absolute Gasteiger partial charge is 0.307 e. The van der Waals surface area contributed by atoms with Gasteiger partial charge in [-0.05, 0) is 38.0 Å². The van der Waals surface area contributed by atoms with E-state index >= 15 is 0 Å². The summed E-state index contributed by atoms with van der Waals surface area (Å²) >= 11 is 0. The Labute approximate surface area is 154 Å². The highest BCUT2D eigenvalue weighted by atomic mass is 16.5. The van der Waals surface area contributed by atoms with Crippen LogP contribution in [0.5, 0.6) is 5.75 Å². The summed E-state index contributed by atoms with van der Waals surface area (Å²) in [4.78, 5) is 22.7. The Balaban J connectivity index is 2.55. The van der Waals surface area contributed by atoms with Crippen LogP contribution < -0.4 is 15.8 Å². The molecule has 0 bridgehead atoms. The third-order valence-electron chi connectivity index (χ3n) is 3.79. The predicted octanol–water partition coefficient (Wildman–Crippen LogP) is 1.10. The Kier molecular flexibility index (Phi) is 9.40. The largest absolute Gasteiger partial charge is 0.491 e. The number of allylic oxidation sites excluding steroid dienone is 1. The van der Waals surface area contributed by atoms with Crippen LogP contribution in [0.4, 0.5) is 0 Å². The Morgan fingerprint density at radius 2 is 2.15 bits per heavy atom. The third-order valence-corrected chi connectivity index (χ3v) is 3.79. The predicted molar refractivity (Wildman–Crippen MR) is 99.2 cm³/mol. The number of rotatable bonds is 12. The lowest BCUT2D eigenvalue weighted by molar-refractivity contribution is -0.143. The highest BCUT2D eigenvalue weighted by Crippen LogP contribution is 2.26. The Morgan fingerprint density at radius 1 is 1.42 bits per heavy atom. The molecule has 7 heteroatoms. The zero-order valence-corrected chi connectivity index (χ0v) is 15.4.